The number of carbonyl (C=O) groups excluding carboxylic acids is 1. The second-order valence-corrected chi connectivity index (χ2v) is 8.04. The lowest BCUT2D eigenvalue weighted by atomic mass is 10.0. The molecule has 0 amide bonds. The minimum Gasteiger partial charge on any atom is -0.487 e. The van der Waals surface area contributed by atoms with Gasteiger partial charge in [0.1, 0.15) is 17.9 Å². The molecular weight excluding hydrogens is 438 g/mol. The second-order valence-electron chi connectivity index (χ2n) is 7.63. The standard InChI is InChI=1S/C26H24ClN3O3/c1-17-13-20(23-9-6-12-30(23)2)19-8-5-10-24(26(19)29-17)33-16-21-18(14-28-15-22(21)27)7-4-11-25(31)32-3/h4-10,12-15H,11,16H2,1-3H3/b7-4+. The van der Waals surface area contributed by atoms with Crippen LogP contribution in [-0.2, 0) is 23.2 Å². The van der Waals surface area contributed by atoms with E-state index in [9.17, 15) is 4.79 Å². The monoisotopic (exact) mass is 461 g/mol. The van der Waals surface area contributed by atoms with Gasteiger partial charge in [0.25, 0.3) is 0 Å². The maximum absolute atomic E-state index is 11.4. The van der Waals surface area contributed by atoms with Gasteiger partial charge >= 0.3 is 5.97 Å². The number of esters is 1. The van der Waals surface area contributed by atoms with E-state index in [1.54, 1.807) is 24.5 Å². The molecule has 0 aliphatic rings. The van der Waals surface area contributed by atoms with Gasteiger partial charge in [-0.25, -0.2) is 4.98 Å². The van der Waals surface area contributed by atoms with Crippen molar-refractivity contribution in [2.45, 2.75) is 20.0 Å². The van der Waals surface area contributed by atoms with Crippen LogP contribution in [-0.4, -0.2) is 27.6 Å². The van der Waals surface area contributed by atoms with E-state index in [2.05, 4.69) is 32.5 Å². The third-order valence-electron chi connectivity index (χ3n) is 5.37. The number of aromatic nitrogens is 3. The Hall–Kier alpha value is -3.64. The Balaban J connectivity index is 1.67. The summed E-state index contributed by atoms with van der Waals surface area (Å²) in [5.74, 6) is 0.356. The summed E-state index contributed by atoms with van der Waals surface area (Å²) < 4.78 is 13.0. The average molecular weight is 462 g/mol. The van der Waals surface area contributed by atoms with Crippen molar-refractivity contribution in [1.82, 2.24) is 14.5 Å². The highest BCUT2D eigenvalue weighted by molar-refractivity contribution is 6.31. The van der Waals surface area contributed by atoms with Crippen LogP contribution in [0.5, 0.6) is 5.75 Å². The van der Waals surface area contributed by atoms with Gasteiger partial charge in [-0.15, -0.1) is 0 Å². The van der Waals surface area contributed by atoms with Crippen molar-refractivity contribution in [3.05, 3.63) is 82.9 Å². The first kappa shape index (κ1) is 22.6. The molecule has 4 aromatic rings. The Kier molecular flexibility index (Phi) is 6.75. The van der Waals surface area contributed by atoms with Crippen molar-refractivity contribution in [2.75, 3.05) is 7.11 Å². The molecule has 0 bridgehead atoms. The number of hydrogen-bond acceptors (Lipinski definition) is 5. The summed E-state index contributed by atoms with van der Waals surface area (Å²) in [6.07, 6.45) is 8.98. The first-order valence-corrected chi connectivity index (χ1v) is 10.9. The quantitative estimate of drug-likeness (QED) is 0.328. The van der Waals surface area contributed by atoms with E-state index in [4.69, 9.17) is 21.3 Å². The zero-order valence-corrected chi connectivity index (χ0v) is 19.5. The number of aryl methyl sites for hydroxylation is 2. The maximum Gasteiger partial charge on any atom is 0.309 e. The fraction of sp³-hybridized carbons (Fsp3) is 0.192. The molecule has 0 atom stereocenters. The fourth-order valence-corrected chi connectivity index (χ4v) is 3.93. The molecule has 1 aromatic carbocycles. The third kappa shape index (κ3) is 4.91. The van der Waals surface area contributed by atoms with Crippen molar-refractivity contribution in [3.63, 3.8) is 0 Å². The molecule has 3 heterocycles. The van der Waals surface area contributed by atoms with Gasteiger partial charge in [-0.1, -0.05) is 35.9 Å². The van der Waals surface area contributed by atoms with Crippen LogP contribution < -0.4 is 4.74 Å². The first-order chi connectivity index (χ1) is 16.0. The van der Waals surface area contributed by atoms with Gasteiger partial charge in [-0.3, -0.25) is 9.78 Å². The topological polar surface area (TPSA) is 66.2 Å². The molecule has 168 valence electrons. The van der Waals surface area contributed by atoms with Gasteiger partial charge in [0.2, 0.25) is 0 Å². The Morgan fingerprint density at radius 2 is 2.06 bits per heavy atom. The molecule has 0 spiro atoms. The molecule has 0 radical (unpaired) electrons. The average Bonchev–Trinajstić information content (AvgIpc) is 3.23. The van der Waals surface area contributed by atoms with Crippen LogP contribution in [0.15, 0.2) is 61.1 Å². The molecular formula is C26H24ClN3O3. The van der Waals surface area contributed by atoms with Crippen molar-refractivity contribution in [3.8, 4) is 17.0 Å². The number of halogens is 1. The van der Waals surface area contributed by atoms with E-state index in [1.165, 1.54) is 7.11 Å². The predicted molar refractivity (Wildman–Crippen MR) is 130 cm³/mol. The van der Waals surface area contributed by atoms with Crippen LogP contribution in [0.4, 0.5) is 0 Å². The van der Waals surface area contributed by atoms with Crippen molar-refractivity contribution >= 4 is 34.5 Å². The Bertz CT molecular complexity index is 1340. The summed E-state index contributed by atoms with van der Waals surface area (Å²) in [6.45, 7) is 2.21. The lowest BCUT2D eigenvalue weighted by molar-refractivity contribution is -0.139. The zero-order valence-electron chi connectivity index (χ0n) is 18.7. The predicted octanol–water partition coefficient (Wildman–Crippen LogP) is 5.75. The number of fused-ring (bicyclic) bond motifs is 1. The van der Waals surface area contributed by atoms with Gasteiger partial charge < -0.3 is 14.0 Å². The molecule has 3 aromatic heterocycles. The smallest absolute Gasteiger partial charge is 0.309 e. The number of para-hydroxylation sites is 1. The summed E-state index contributed by atoms with van der Waals surface area (Å²) in [5, 5.41) is 1.50. The molecule has 0 aliphatic carbocycles. The molecule has 7 heteroatoms. The van der Waals surface area contributed by atoms with E-state index in [1.807, 2.05) is 38.4 Å². The SMILES string of the molecule is COC(=O)C/C=C/c1cncc(Cl)c1COc1cccc2c(-c3cccn3C)cc(C)nc12. The van der Waals surface area contributed by atoms with E-state index in [0.717, 1.165) is 39.0 Å². The summed E-state index contributed by atoms with van der Waals surface area (Å²) in [7, 11) is 3.39. The van der Waals surface area contributed by atoms with Crippen molar-refractivity contribution < 1.29 is 14.3 Å². The van der Waals surface area contributed by atoms with E-state index in [0.29, 0.717) is 10.8 Å². The molecule has 0 aliphatic heterocycles. The van der Waals surface area contributed by atoms with Gasteiger partial charge in [0, 0.05) is 59.1 Å². The lowest BCUT2D eigenvalue weighted by Gasteiger charge is -2.14. The first-order valence-electron chi connectivity index (χ1n) is 10.5. The highest BCUT2D eigenvalue weighted by Gasteiger charge is 2.14. The largest absolute Gasteiger partial charge is 0.487 e. The Morgan fingerprint density at radius 1 is 1.21 bits per heavy atom. The van der Waals surface area contributed by atoms with Gasteiger partial charge in [0.05, 0.1) is 18.6 Å². The van der Waals surface area contributed by atoms with Crippen molar-refractivity contribution in [1.29, 1.82) is 0 Å². The van der Waals surface area contributed by atoms with Gasteiger partial charge in [-0.05, 0) is 31.2 Å². The Morgan fingerprint density at radius 3 is 2.82 bits per heavy atom. The van der Waals surface area contributed by atoms with E-state index < -0.39 is 0 Å². The molecule has 0 N–H and O–H groups in total. The number of pyridine rings is 2. The second kappa shape index (κ2) is 9.88. The molecule has 0 unspecified atom stereocenters. The van der Waals surface area contributed by atoms with Crippen LogP contribution in [0.25, 0.3) is 28.2 Å². The number of benzene rings is 1. The number of hydrogen-bond donors (Lipinski definition) is 0. The molecule has 0 saturated carbocycles. The van der Waals surface area contributed by atoms with E-state index >= 15 is 0 Å². The van der Waals surface area contributed by atoms with Crippen LogP contribution in [0, 0.1) is 6.92 Å². The zero-order chi connectivity index (χ0) is 23.4. The highest BCUT2D eigenvalue weighted by Crippen LogP contribution is 2.34. The van der Waals surface area contributed by atoms with Crippen LogP contribution in [0.1, 0.15) is 23.2 Å². The van der Waals surface area contributed by atoms with Gasteiger partial charge in [0.15, 0.2) is 0 Å². The number of nitrogens with zero attached hydrogens (tertiary/aromatic N) is 3. The minimum absolute atomic E-state index is 0.164. The Labute approximate surface area is 197 Å². The van der Waals surface area contributed by atoms with Crippen molar-refractivity contribution in [2.24, 2.45) is 7.05 Å². The van der Waals surface area contributed by atoms with Gasteiger partial charge in [-0.2, -0.15) is 0 Å². The molecule has 33 heavy (non-hydrogen) atoms. The summed E-state index contributed by atoms with van der Waals surface area (Å²) in [4.78, 5) is 20.3. The van der Waals surface area contributed by atoms with Crippen LogP contribution >= 0.6 is 11.6 Å². The molecule has 0 saturated heterocycles. The summed E-state index contributed by atoms with van der Waals surface area (Å²) >= 11 is 6.43. The normalized spacial score (nSPS) is 11.3. The number of ether oxygens (including phenoxy) is 2. The summed E-state index contributed by atoms with van der Waals surface area (Å²) in [6, 6.07) is 12.1. The number of rotatable bonds is 7. The fourth-order valence-electron chi connectivity index (χ4n) is 3.71. The van der Waals surface area contributed by atoms with Crippen LogP contribution in [0.2, 0.25) is 5.02 Å². The number of methoxy groups -OCH3 is 1. The molecule has 0 fully saturated rings. The molecule has 4 rings (SSSR count). The molecule has 6 nitrogen and oxygen atoms in total. The third-order valence-corrected chi connectivity index (χ3v) is 5.70. The lowest BCUT2D eigenvalue weighted by Crippen LogP contribution is -2.02. The van der Waals surface area contributed by atoms with E-state index in [-0.39, 0.29) is 19.0 Å². The summed E-state index contributed by atoms with van der Waals surface area (Å²) in [5.41, 5.74) is 5.46. The minimum atomic E-state index is -0.315. The van der Waals surface area contributed by atoms with Crippen LogP contribution in [0.3, 0.4) is 0 Å². The maximum atomic E-state index is 11.4. The highest BCUT2D eigenvalue weighted by atomic mass is 35.5. The number of carbonyl (C=O) groups is 1.